The SMILES string of the molecule is COc1ccc([C@@H]2C[C@H]2CN)c2ccccc12. The Kier molecular flexibility index (Phi) is 2.52. The molecule has 1 fully saturated rings. The van der Waals surface area contributed by atoms with E-state index >= 15 is 0 Å². The highest BCUT2D eigenvalue weighted by Gasteiger charge is 2.37. The Bertz CT molecular complexity index is 550. The first-order chi connectivity index (χ1) is 8.35. The highest BCUT2D eigenvalue weighted by molar-refractivity contribution is 5.91. The second kappa shape index (κ2) is 4.04. The van der Waals surface area contributed by atoms with Crippen LogP contribution in [-0.2, 0) is 0 Å². The lowest BCUT2D eigenvalue weighted by atomic mass is 9.99. The van der Waals surface area contributed by atoms with Gasteiger partial charge in [0.1, 0.15) is 5.75 Å². The van der Waals surface area contributed by atoms with Gasteiger partial charge in [-0.25, -0.2) is 0 Å². The van der Waals surface area contributed by atoms with Crippen molar-refractivity contribution in [2.24, 2.45) is 11.7 Å². The standard InChI is InChI=1S/C15H17NO/c1-17-15-7-6-12(14-8-10(14)9-16)11-4-2-3-5-13(11)15/h2-7,10,14H,8-9,16H2,1H3/t10-,14+/m0/s1. The molecule has 1 aliphatic rings. The Morgan fingerprint density at radius 1 is 1.18 bits per heavy atom. The zero-order valence-corrected chi connectivity index (χ0v) is 10.0. The second-order valence-corrected chi connectivity index (χ2v) is 4.74. The smallest absolute Gasteiger partial charge is 0.126 e. The van der Waals surface area contributed by atoms with Crippen LogP contribution < -0.4 is 10.5 Å². The molecular weight excluding hydrogens is 210 g/mol. The van der Waals surface area contributed by atoms with Crippen molar-refractivity contribution in [3.8, 4) is 5.75 Å². The predicted molar refractivity (Wildman–Crippen MR) is 70.4 cm³/mol. The Balaban J connectivity index is 2.14. The summed E-state index contributed by atoms with van der Waals surface area (Å²) in [4.78, 5) is 0. The first kappa shape index (κ1) is 10.6. The van der Waals surface area contributed by atoms with Crippen LogP contribution in [0.3, 0.4) is 0 Å². The number of nitrogens with two attached hydrogens (primary N) is 1. The van der Waals surface area contributed by atoms with E-state index in [1.807, 2.05) is 0 Å². The van der Waals surface area contributed by atoms with Gasteiger partial charge in [0, 0.05) is 5.39 Å². The average molecular weight is 227 g/mol. The zero-order chi connectivity index (χ0) is 11.8. The molecule has 2 nitrogen and oxygen atoms in total. The Labute approximate surface area is 101 Å². The monoisotopic (exact) mass is 227 g/mol. The van der Waals surface area contributed by atoms with Crippen molar-refractivity contribution >= 4 is 10.8 Å². The maximum absolute atomic E-state index is 5.74. The van der Waals surface area contributed by atoms with E-state index in [9.17, 15) is 0 Å². The third kappa shape index (κ3) is 1.69. The maximum atomic E-state index is 5.74. The molecule has 2 heteroatoms. The molecule has 2 N–H and O–H groups in total. The molecule has 0 bridgehead atoms. The van der Waals surface area contributed by atoms with Crippen LogP contribution in [0.15, 0.2) is 36.4 Å². The van der Waals surface area contributed by atoms with Gasteiger partial charge in [-0.2, -0.15) is 0 Å². The van der Waals surface area contributed by atoms with Gasteiger partial charge in [-0.3, -0.25) is 0 Å². The summed E-state index contributed by atoms with van der Waals surface area (Å²) in [5.41, 5.74) is 7.16. The number of benzene rings is 2. The molecule has 2 aromatic carbocycles. The quantitative estimate of drug-likeness (QED) is 0.875. The van der Waals surface area contributed by atoms with Crippen molar-refractivity contribution in [2.45, 2.75) is 12.3 Å². The number of methoxy groups -OCH3 is 1. The molecule has 3 rings (SSSR count). The first-order valence-electron chi connectivity index (χ1n) is 6.11. The van der Waals surface area contributed by atoms with Gasteiger partial charge < -0.3 is 10.5 Å². The fraction of sp³-hybridized carbons (Fsp3) is 0.333. The zero-order valence-electron chi connectivity index (χ0n) is 10.0. The lowest BCUT2D eigenvalue weighted by molar-refractivity contribution is 0.419. The molecule has 1 aliphatic carbocycles. The van der Waals surface area contributed by atoms with Crippen LogP contribution in [-0.4, -0.2) is 13.7 Å². The molecule has 0 spiro atoms. The fourth-order valence-corrected chi connectivity index (χ4v) is 2.69. The van der Waals surface area contributed by atoms with Gasteiger partial charge in [-0.05, 0) is 41.8 Å². The van der Waals surface area contributed by atoms with E-state index in [0.717, 1.165) is 12.3 Å². The van der Waals surface area contributed by atoms with Gasteiger partial charge in [-0.15, -0.1) is 0 Å². The van der Waals surface area contributed by atoms with Gasteiger partial charge in [0.05, 0.1) is 7.11 Å². The second-order valence-electron chi connectivity index (χ2n) is 4.74. The van der Waals surface area contributed by atoms with Gasteiger partial charge in [-0.1, -0.05) is 30.3 Å². The molecule has 0 unspecified atom stereocenters. The van der Waals surface area contributed by atoms with Gasteiger partial charge in [0.2, 0.25) is 0 Å². The van der Waals surface area contributed by atoms with E-state index in [0.29, 0.717) is 11.8 Å². The summed E-state index contributed by atoms with van der Waals surface area (Å²) in [6.45, 7) is 0.797. The highest BCUT2D eigenvalue weighted by atomic mass is 16.5. The van der Waals surface area contributed by atoms with Gasteiger partial charge in [0.25, 0.3) is 0 Å². The molecule has 0 radical (unpaired) electrons. The van der Waals surface area contributed by atoms with Crippen molar-refractivity contribution < 1.29 is 4.74 Å². The molecule has 88 valence electrons. The summed E-state index contributed by atoms with van der Waals surface area (Å²) in [5.74, 6) is 2.27. The summed E-state index contributed by atoms with van der Waals surface area (Å²) in [6.07, 6.45) is 1.23. The van der Waals surface area contributed by atoms with E-state index in [1.165, 1.54) is 22.8 Å². The maximum Gasteiger partial charge on any atom is 0.126 e. The fourth-order valence-electron chi connectivity index (χ4n) is 2.69. The predicted octanol–water partition coefficient (Wildman–Crippen LogP) is 2.91. The molecule has 1 saturated carbocycles. The highest BCUT2D eigenvalue weighted by Crippen LogP contribution is 2.49. The summed E-state index contributed by atoms with van der Waals surface area (Å²) < 4.78 is 5.41. The average Bonchev–Trinajstić information content (AvgIpc) is 3.16. The van der Waals surface area contributed by atoms with Gasteiger partial charge in [0.15, 0.2) is 0 Å². The summed E-state index contributed by atoms with van der Waals surface area (Å²) in [6, 6.07) is 12.7. The Morgan fingerprint density at radius 2 is 1.94 bits per heavy atom. The number of hydrogen-bond donors (Lipinski definition) is 1. The molecule has 17 heavy (non-hydrogen) atoms. The summed E-state index contributed by atoms with van der Waals surface area (Å²) in [7, 11) is 1.72. The van der Waals surface area contributed by atoms with E-state index < -0.39 is 0 Å². The summed E-state index contributed by atoms with van der Waals surface area (Å²) >= 11 is 0. The van der Waals surface area contributed by atoms with E-state index in [2.05, 4.69) is 36.4 Å². The van der Waals surface area contributed by atoms with Crippen LogP contribution in [0.2, 0.25) is 0 Å². The molecule has 2 aromatic rings. The third-order valence-electron chi connectivity index (χ3n) is 3.76. The van der Waals surface area contributed by atoms with E-state index in [4.69, 9.17) is 10.5 Å². The summed E-state index contributed by atoms with van der Waals surface area (Å²) in [5, 5.41) is 2.52. The number of fused-ring (bicyclic) bond motifs is 1. The van der Waals surface area contributed by atoms with Crippen molar-refractivity contribution in [1.82, 2.24) is 0 Å². The van der Waals surface area contributed by atoms with Crippen molar-refractivity contribution in [2.75, 3.05) is 13.7 Å². The van der Waals surface area contributed by atoms with Crippen LogP contribution >= 0.6 is 0 Å². The van der Waals surface area contributed by atoms with Gasteiger partial charge >= 0.3 is 0 Å². The van der Waals surface area contributed by atoms with E-state index in [-0.39, 0.29) is 0 Å². The number of rotatable bonds is 3. The largest absolute Gasteiger partial charge is 0.496 e. The normalized spacial score (nSPS) is 22.7. The molecule has 0 aromatic heterocycles. The topological polar surface area (TPSA) is 35.2 Å². The Hall–Kier alpha value is -1.54. The van der Waals surface area contributed by atoms with E-state index in [1.54, 1.807) is 7.11 Å². The number of hydrogen-bond acceptors (Lipinski definition) is 2. The lowest BCUT2D eigenvalue weighted by Crippen LogP contribution is -2.02. The minimum absolute atomic E-state index is 0.649. The lowest BCUT2D eigenvalue weighted by Gasteiger charge is -2.10. The van der Waals surface area contributed by atoms with Crippen LogP contribution in [0.5, 0.6) is 5.75 Å². The van der Waals surface area contributed by atoms with Crippen molar-refractivity contribution in [3.63, 3.8) is 0 Å². The molecular formula is C15H17NO. The van der Waals surface area contributed by atoms with Crippen LogP contribution in [0, 0.1) is 5.92 Å². The van der Waals surface area contributed by atoms with Crippen LogP contribution in [0.25, 0.3) is 10.8 Å². The van der Waals surface area contributed by atoms with Crippen molar-refractivity contribution in [1.29, 1.82) is 0 Å². The minimum atomic E-state index is 0.649. The van der Waals surface area contributed by atoms with Crippen LogP contribution in [0.1, 0.15) is 17.9 Å². The first-order valence-corrected chi connectivity index (χ1v) is 6.11. The Morgan fingerprint density at radius 3 is 2.59 bits per heavy atom. The molecule has 0 saturated heterocycles. The van der Waals surface area contributed by atoms with Crippen molar-refractivity contribution in [3.05, 3.63) is 42.0 Å². The van der Waals surface area contributed by atoms with Crippen LogP contribution in [0.4, 0.5) is 0 Å². The minimum Gasteiger partial charge on any atom is -0.496 e. The third-order valence-corrected chi connectivity index (χ3v) is 3.76. The molecule has 0 heterocycles. The molecule has 0 aliphatic heterocycles. The number of ether oxygens (including phenoxy) is 1. The molecule has 0 amide bonds. The molecule has 2 atom stereocenters.